The summed E-state index contributed by atoms with van der Waals surface area (Å²) in [6.45, 7) is 3.72. The Labute approximate surface area is 187 Å². The number of carbonyl (C=O) groups is 1. The van der Waals surface area contributed by atoms with Crippen LogP contribution in [0.2, 0.25) is 0 Å². The number of thioether (sulfide) groups is 1. The van der Waals surface area contributed by atoms with E-state index in [9.17, 15) is 13.2 Å². The fraction of sp³-hybridized carbons (Fsp3) is 0.174. The number of methoxy groups -OCH3 is 1. The van der Waals surface area contributed by atoms with Crippen LogP contribution in [0.15, 0.2) is 82.6 Å². The number of nitrogens with one attached hydrogen (secondary N) is 2. The number of hydrogen-bond acceptors (Lipinski definition) is 5. The SMILES string of the molecule is COc1ccc(NC(=O)C(C)Sc2ccc(NS(=O)(=O)c3ccc(C)cc3)cc2)cc1. The Kier molecular flexibility index (Phi) is 7.25. The van der Waals surface area contributed by atoms with Crippen LogP contribution in [0.1, 0.15) is 12.5 Å². The molecule has 1 unspecified atom stereocenters. The lowest BCUT2D eigenvalue weighted by Gasteiger charge is -2.13. The molecule has 2 N–H and O–H groups in total. The number of benzene rings is 3. The van der Waals surface area contributed by atoms with Crippen molar-refractivity contribution in [2.45, 2.75) is 28.9 Å². The van der Waals surface area contributed by atoms with Gasteiger partial charge in [-0.15, -0.1) is 11.8 Å². The number of amides is 1. The van der Waals surface area contributed by atoms with Crippen LogP contribution in [0.25, 0.3) is 0 Å². The van der Waals surface area contributed by atoms with Crippen LogP contribution in [-0.4, -0.2) is 26.7 Å². The molecule has 162 valence electrons. The molecule has 0 aliphatic heterocycles. The summed E-state index contributed by atoms with van der Waals surface area (Å²) in [6, 6.07) is 20.7. The third-order valence-electron chi connectivity index (χ3n) is 4.48. The number of hydrogen-bond donors (Lipinski definition) is 2. The number of ether oxygens (including phenoxy) is 1. The minimum Gasteiger partial charge on any atom is -0.497 e. The minimum atomic E-state index is -3.65. The first-order valence-electron chi connectivity index (χ1n) is 9.58. The third kappa shape index (κ3) is 6.26. The molecule has 0 fully saturated rings. The van der Waals surface area contributed by atoms with Crippen LogP contribution in [0.3, 0.4) is 0 Å². The first kappa shape index (κ1) is 22.7. The number of anilines is 2. The summed E-state index contributed by atoms with van der Waals surface area (Å²) in [5.74, 6) is 0.595. The molecule has 0 radical (unpaired) electrons. The topological polar surface area (TPSA) is 84.5 Å². The smallest absolute Gasteiger partial charge is 0.261 e. The van der Waals surface area contributed by atoms with E-state index in [4.69, 9.17) is 4.74 Å². The molecular weight excluding hydrogens is 432 g/mol. The Morgan fingerprint density at radius 1 is 0.903 bits per heavy atom. The average Bonchev–Trinajstić information content (AvgIpc) is 2.75. The van der Waals surface area contributed by atoms with Crippen LogP contribution in [0, 0.1) is 6.92 Å². The highest BCUT2D eigenvalue weighted by Crippen LogP contribution is 2.27. The predicted octanol–water partition coefficient (Wildman–Crippen LogP) is 4.92. The number of sulfonamides is 1. The number of aryl methyl sites for hydroxylation is 1. The second kappa shape index (κ2) is 9.89. The average molecular weight is 457 g/mol. The van der Waals surface area contributed by atoms with Crippen molar-refractivity contribution in [3.8, 4) is 5.75 Å². The minimum absolute atomic E-state index is 0.126. The second-order valence-corrected chi connectivity index (χ2v) is 10.0. The van der Waals surface area contributed by atoms with Crippen LogP contribution in [-0.2, 0) is 14.8 Å². The first-order chi connectivity index (χ1) is 14.8. The van der Waals surface area contributed by atoms with Gasteiger partial charge in [-0.05, 0) is 74.5 Å². The molecule has 0 saturated heterocycles. The summed E-state index contributed by atoms with van der Waals surface area (Å²) >= 11 is 1.39. The normalized spacial score (nSPS) is 12.1. The molecule has 31 heavy (non-hydrogen) atoms. The first-order valence-corrected chi connectivity index (χ1v) is 11.9. The van der Waals surface area contributed by atoms with Gasteiger partial charge in [0.2, 0.25) is 5.91 Å². The van der Waals surface area contributed by atoms with Gasteiger partial charge < -0.3 is 10.1 Å². The highest BCUT2D eigenvalue weighted by Gasteiger charge is 2.16. The largest absolute Gasteiger partial charge is 0.497 e. The summed E-state index contributed by atoms with van der Waals surface area (Å²) in [4.78, 5) is 13.5. The highest BCUT2D eigenvalue weighted by molar-refractivity contribution is 8.00. The van der Waals surface area contributed by atoms with Gasteiger partial charge in [0, 0.05) is 16.3 Å². The second-order valence-electron chi connectivity index (χ2n) is 6.92. The summed E-state index contributed by atoms with van der Waals surface area (Å²) < 4.78 is 32.7. The molecule has 3 aromatic carbocycles. The fourth-order valence-electron chi connectivity index (χ4n) is 2.71. The molecule has 0 spiro atoms. The van der Waals surface area contributed by atoms with Crippen LogP contribution in [0.4, 0.5) is 11.4 Å². The van der Waals surface area contributed by atoms with Gasteiger partial charge in [-0.3, -0.25) is 9.52 Å². The van der Waals surface area contributed by atoms with Crippen molar-refractivity contribution in [3.63, 3.8) is 0 Å². The van der Waals surface area contributed by atoms with E-state index in [-0.39, 0.29) is 16.1 Å². The van der Waals surface area contributed by atoms with Crippen molar-refractivity contribution in [2.24, 2.45) is 0 Å². The van der Waals surface area contributed by atoms with Gasteiger partial charge in [0.25, 0.3) is 10.0 Å². The molecule has 0 aromatic heterocycles. The lowest BCUT2D eigenvalue weighted by atomic mass is 10.2. The van der Waals surface area contributed by atoms with Crippen LogP contribution in [0.5, 0.6) is 5.75 Å². The zero-order chi connectivity index (χ0) is 22.4. The van der Waals surface area contributed by atoms with Gasteiger partial charge in [0.1, 0.15) is 5.75 Å². The summed E-state index contributed by atoms with van der Waals surface area (Å²) in [5.41, 5.74) is 2.14. The van der Waals surface area contributed by atoms with E-state index in [1.54, 1.807) is 79.9 Å². The van der Waals surface area contributed by atoms with Crippen molar-refractivity contribution in [1.82, 2.24) is 0 Å². The maximum atomic E-state index is 12.5. The zero-order valence-electron chi connectivity index (χ0n) is 17.5. The standard InChI is InChI=1S/C23H24N2O4S2/c1-16-4-14-22(15-5-16)31(27,28)25-19-8-12-21(13-9-19)30-17(2)23(26)24-18-6-10-20(29-3)11-7-18/h4-15,17,25H,1-3H3,(H,24,26). The molecule has 0 heterocycles. The Morgan fingerprint density at radius 2 is 1.48 bits per heavy atom. The number of rotatable bonds is 8. The van der Waals surface area contributed by atoms with Crippen molar-refractivity contribution in [1.29, 1.82) is 0 Å². The van der Waals surface area contributed by atoms with E-state index >= 15 is 0 Å². The molecule has 1 amide bonds. The van der Waals surface area contributed by atoms with Crippen molar-refractivity contribution >= 4 is 39.1 Å². The van der Waals surface area contributed by atoms with E-state index in [1.165, 1.54) is 11.8 Å². The van der Waals surface area contributed by atoms with E-state index in [1.807, 2.05) is 13.8 Å². The Hall–Kier alpha value is -2.97. The molecule has 1 atom stereocenters. The molecule has 8 heteroatoms. The maximum Gasteiger partial charge on any atom is 0.261 e. The maximum absolute atomic E-state index is 12.5. The molecule has 0 aliphatic rings. The number of carbonyl (C=O) groups excluding carboxylic acids is 1. The molecular formula is C23H24N2O4S2. The van der Waals surface area contributed by atoms with Gasteiger partial charge in [-0.1, -0.05) is 17.7 Å². The molecule has 0 bridgehead atoms. The molecule has 0 aliphatic carbocycles. The highest BCUT2D eigenvalue weighted by atomic mass is 32.2. The lowest BCUT2D eigenvalue weighted by Crippen LogP contribution is -2.22. The van der Waals surface area contributed by atoms with Gasteiger partial charge in [0.05, 0.1) is 17.3 Å². The summed E-state index contributed by atoms with van der Waals surface area (Å²) in [6.07, 6.45) is 0. The molecule has 6 nitrogen and oxygen atoms in total. The van der Waals surface area contributed by atoms with Gasteiger partial charge in [0.15, 0.2) is 0 Å². The van der Waals surface area contributed by atoms with Crippen molar-refractivity contribution in [2.75, 3.05) is 17.1 Å². The summed E-state index contributed by atoms with van der Waals surface area (Å²) in [7, 11) is -2.06. The van der Waals surface area contributed by atoms with E-state index in [0.717, 1.165) is 16.2 Å². The summed E-state index contributed by atoms with van der Waals surface area (Å²) in [5, 5.41) is 2.53. The monoisotopic (exact) mass is 456 g/mol. The third-order valence-corrected chi connectivity index (χ3v) is 6.99. The van der Waals surface area contributed by atoms with Crippen molar-refractivity contribution in [3.05, 3.63) is 78.4 Å². The quantitative estimate of drug-likeness (QED) is 0.470. The van der Waals surface area contributed by atoms with Crippen molar-refractivity contribution < 1.29 is 17.9 Å². The lowest BCUT2D eigenvalue weighted by molar-refractivity contribution is -0.115. The van der Waals surface area contributed by atoms with Crippen LogP contribution >= 0.6 is 11.8 Å². The van der Waals surface area contributed by atoms with Crippen LogP contribution < -0.4 is 14.8 Å². The Bertz CT molecular complexity index is 1130. The molecule has 3 rings (SSSR count). The fourth-order valence-corrected chi connectivity index (χ4v) is 4.63. The van der Waals surface area contributed by atoms with E-state index in [2.05, 4.69) is 10.0 Å². The van der Waals surface area contributed by atoms with E-state index < -0.39 is 10.0 Å². The molecule has 0 saturated carbocycles. The van der Waals surface area contributed by atoms with Gasteiger partial charge in [-0.2, -0.15) is 0 Å². The van der Waals surface area contributed by atoms with E-state index in [0.29, 0.717) is 11.4 Å². The Morgan fingerprint density at radius 3 is 2.06 bits per heavy atom. The van der Waals surface area contributed by atoms with Gasteiger partial charge >= 0.3 is 0 Å². The Balaban J connectivity index is 1.59. The zero-order valence-corrected chi connectivity index (χ0v) is 19.1. The van der Waals surface area contributed by atoms with Gasteiger partial charge in [-0.25, -0.2) is 8.42 Å². The molecule has 3 aromatic rings. The predicted molar refractivity (Wildman–Crippen MR) is 125 cm³/mol.